The molecule has 4 amide bonds. The van der Waals surface area contributed by atoms with Gasteiger partial charge in [0.25, 0.3) is 5.91 Å². The van der Waals surface area contributed by atoms with Crippen LogP contribution in [0.25, 0.3) is 10.9 Å². The highest BCUT2D eigenvalue weighted by Crippen LogP contribution is 2.25. The molecule has 0 aliphatic carbocycles. The predicted octanol–water partition coefficient (Wildman–Crippen LogP) is 2.23. The zero-order chi connectivity index (χ0) is 31.1. The number of hydrogen-bond donors (Lipinski definition) is 4. The first-order valence-corrected chi connectivity index (χ1v) is 15.4. The highest BCUT2D eigenvalue weighted by molar-refractivity contribution is 6.01. The molecule has 11 heteroatoms. The number of unbranched alkanes of at least 4 members (excludes halogenated alkanes) is 1. The Labute approximate surface area is 257 Å². The molecule has 1 aromatic heterocycles. The van der Waals surface area contributed by atoms with Crippen molar-refractivity contribution in [1.82, 2.24) is 30.7 Å². The number of H-pyrrole nitrogens is 1. The summed E-state index contributed by atoms with van der Waals surface area (Å²) in [5, 5.41) is 9.53. The number of nitrogens with zero attached hydrogens (tertiary/aromatic N) is 2. The summed E-state index contributed by atoms with van der Waals surface area (Å²) >= 11 is 0. The monoisotopic (exact) mass is 602 g/mol. The van der Waals surface area contributed by atoms with Crippen LogP contribution in [-0.4, -0.2) is 96.9 Å². The van der Waals surface area contributed by atoms with Gasteiger partial charge in [-0.05, 0) is 70.1 Å². The van der Waals surface area contributed by atoms with Gasteiger partial charge in [-0.2, -0.15) is 0 Å². The Bertz CT molecular complexity index is 1490. The second-order valence-corrected chi connectivity index (χ2v) is 11.9. The summed E-state index contributed by atoms with van der Waals surface area (Å²) in [5.41, 5.74) is 2.11. The van der Waals surface area contributed by atoms with Crippen LogP contribution in [0.2, 0.25) is 0 Å². The second kappa shape index (κ2) is 14.4. The van der Waals surface area contributed by atoms with Gasteiger partial charge in [0.05, 0.1) is 18.0 Å². The van der Waals surface area contributed by atoms with Crippen molar-refractivity contribution in [3.8, 4) is 5.75 Å². The maximum atomic E-state index is 14.1. The highest BCUT2D eigenvalue weighted by Gasteiger charge is 2.36. The van der Waals surface area contributed by atoms with E-state index in [1.807, 2.05) is 44.6 Å². The van der Waals surface area contributed by atoms with E-state index in [0.29, 0.717) is 18.8 Å². The number of carbonyl (C=O) groups excluding carboxylic acids is 4. The van der Waals surface area contributed by atoms with Crippen molar-refractivity contribution in [3.63, 3.8) is 0 Å². The first-order valence-electron chi connectivity index (χ1n) is 15.4. The van der Waals surface area contributed by atoms with Crippen LogP contribution in [0.4, 0.5) is 0 Å². The number of hydrogen-bond acceptors (Lipinski definition) is 6. The number of amides is 4. The van der Waals surface area contributed by atoms with Crippen LogP contribution in [0.1, 0.15) is 48.0 Å². The summed E-state index contributed by atoms with van der Waals surface area (Å²) in [6, 6.07) is 12.4. The third kappa shape index (κ3) is 7.57. The van der Waals surface area contributed by atoms with E-state index in [4.69, 9.17) is 4.74 Å². The van der Waals surface area contributed by atoms with E-state index in [2.05, 4.69) is 25.8 Å². The van der Waals surface area contributed by atoms with Crippen LogP contribution in [-0.2, 0) is 20.8 Å². The van der Waals surface area contributed by atoms with Crippen LogP contribution in [0, 0.1) is 0 Å². The summed E-state index contributed by atoms with van der Waals surface area (Å²) in [4.78, 5) is 61.5. The third-order valence-corrected chi connectivity index (χ3v) is 8.30. The van der Waals surface area contributed by atoms with Gasteiger partial charge in [-0.25, -0.2) is 0 Å². The predicted molar refractivity (Wildman–Crippen MR) is 167 cm³/mol. The number of ether oxygens (including phenoxy) is 1. The van der Waals surface area contributed by atoms with Gasteiger partial charge in [-0.3, -0.25) is 19.2 Å². The molecule has 11 nitrogen and oxygen atoms in total. The average Bonchev–Trinajstić information content (AvgIpc) is 3.65. The van der Waals surface area contributed by atoms with Crippen molar-refractivity contribution < 1.29 is 23.9 Å². The lowest BCUT2D eigenvalue weighted by Crippen LogP contribution is -2.54. The molecule has 0 saturated carbocycles. The van der Waals surface area contributed by atoms with Gasteiger partial charge in [0.15, 0.2) is 0 Å². The van der Waals surface area contributed by atoms with Crippen molar-refractivity contribution >= 4 is 34.5 Å². The van der Waals surface area contributed by atoms with E-state index >= 15 is 0 Å². The number of aromatic nitrogens is 1. The summed E-state index contributed by atoms with van der Waals surface area (Å²) in [6.45, 7) is 2.06. The fourth-order valence-corrected chi connectivity index (χ4v) is 5.96. The van der Waals surface area contributed by atoms with E-state index in [9.17, 15) is 19.2 Å². The van der Waals surface area contributed by atoms with Crippen molar-refractivity contribution in [3.05, 3.63) is 65.9 Å². The smallest absolute Gasteiger partial charge is 0.255 e. The Morgan fingerprint density at radius 2 is 1.84 bits per heavy atom. The number of carbonyl (C=O) groups is 4. The largest absolute Gasteiger partial charge is 0.491 e. The SMILES string of the molecule is CN(C)CCCCNC(=O)[C@@H]1CC(=O)N[C@@H](Cc2c[nH]c3ccccc23)C(=O)N2CCC[C@@H]2COc2ccccc2C(=O)N1. The molecule has 0 bridgehead atoms. The molecule has 4 N–H and O–H groups in total. The average molecular weight is 603 g/mol. The molecule has 0 radical (unpaired) electrons. The molecule has 1 fully saturated rings. The van der Waals surface area contributed by atoms with Gasteiger partial charge >= 0.3 is 0 Å². The molecule has 3 aromatic rings. The van der Waals surface area contributed by atoms with Crippen molar-refractivity contribution in [1.29, 1.82) is 0 Å². The third-order valence-electron chi connectivity index (χ3n) is 8.30. The second-order valence-electron chi connectivity index (χ2n) is 11.9. The number of fused-ring (bicyclic) bond motifs is 3. The topological polar surface area (TPSA) is 136 Å². The summed E-state index contributed by atoms with van der Waals surface area (Å²) in [6.07, 6.45) is 5.03. The minimum absolute atomic E-state index is 0.189. The lowest BCUT2D eigenvalue weighted by molar-refractivity contribution is -0.138. The van der Waals surface area contributed by atoms with Gasteiger partial charge in [-0.1, -0.05) is 30.3 Å². The Morgan fingerprint density at radius 1 is 1.05 bits per heavy atom. The number of rotatable bonds is 8. The molecule has 5 rings (SSSR count). The molecule has 2 aliphatic rings. The molecule has 0 spiro atoms. The molecular formula is C33H42N6O5. The summed E-state index contributed by atoms with van der Waals surface area (Å²) in [7, 11) is 3.98. The Balaban J connectivity index is 1.41. The maximum absolute atomic E-state index is 14.1. The van der Waals surface area contributed by atoms with E-state index in [1.54, 1.807) is 29.2 Å². The van der Waals surface area contributed by atoms with Crippen molar-refractivity contribution in [2.24, 2.45) is 0 Å². The standard InChI is InChI=1S/C33H42N6O5/c1-38(2)16-8-7-15-34-32(42)27-19-30(40)36-28(18-22-20-35-26-13-5-3-11-24(22)26)33(43)39-17-9-10-23(39)21-44-29-14-6-4-12-25(29)31(41)37-27/h3-6,11-14,20,23,27-28,35H,7-10,15-19,21H2,1-2H3,(H,34,42)(H,36,40)(H,37,41)/t23-,27+,28+/m1/s1. The fraction of sp³-hybridized carbons (Fsp3) is 0.455. The zero-order valence-corrected chi connectivity index (χ0v) is 25.4. The fourth-order valence-electron chi connectivity index (χ4n) is 5.96. The van der Waals surface area contributed by atoms with Gasteiger partial charge in [0.1, 0.15) is 24.4 Å². The molecule has 3 heterocycles. The number of para-hydroxylation sites is 2. The van der Waals surface area contributed by atoms with E-state index in [-0.39, 0.29) is 37.0 Å². The molecular weight excluding hydrogens is 560 g/mol. The first kappa shape index (κ1) is 31.1. The summed E-state index contributed by atoms with van der Waals surface area (Å²) < 4.78 is 6.14. The highest BCUT2D eigenvalue weighted by atomic mass is 16.5. The van der Waals surface area contributed by atoms with Crippen LogP contribution in [0.3, 0.4) is 0 Å². The van der Waals surface area contributed by atoms with Crippen LogP contribution in [0.15, 0.2) is 54.7 Å². The lowest BCUT2D eigenvalue weighted by Gasteiger charge is -2.30. The van der Waals surface area contributed by atoms with Crippen molar-refractivity contribution in [2.45, 2.75) is 56.7 Å². The molecule has 1 saturated heterocycles. The minimum atomic E-state index is -1.14. The molecule has 0 unspecified atom stereocenters. The van der Waals surface area contributed by atoms with E-state index in [1.165, 1.54) is 0 Å². The Morgan fingerprint density at radius 3 is 2.68 bits per heavy atom. The molecule has 44 heavy (non-hydrogen) atoms. The van der Waals surface area contributed by atoms with E-state index < -0.39 is 29.8 Å². The number of aromatic amines is 1. The number of nitrogens with one attached hydrogen (secondary N) is 4. The van der Waals surface area contributed by atoms with Gasteiger partial charge in [-0.15, -0.1) is 0 Å². The quantitative estimate of drug-likeness (QED) is 0.292. The molecule has 2 aromatic carbocycles. The normalized spacial score (nSPS) is 21.2. The van der Waals surface area contributed by atoms with Gasteiger partial charge in [0.2, 0.25) is 17.7 Å². The Kier molecular flexibility index (Phi) is 10.2. The lowest BCUT2D eigenvalue weighted by atomic mass is 10.0. The summed E-state index contributed by atoms with van der Waals surface area (Å²) in [5.74, 6) is -1.28. The van der Waals surface area contributed by atoms with Crippen LogP contribution < -0.4 is 20.7 Å². The molecule has 2 aliphatic heterocycles. The maximum Gasteiger partial charge on any atom is 0.255 e. The van der Waals surface area contributed by atoms with Gasteiger partial charge < -0.3 is 35.5 Å². The first-order chi connectivity index (χ1) is 21.3. The Hall–Kier alpha value is -4.38. The number of benzene rings is 2. The van der Waals surface area contributed by atoms with Crippen LogP contribution in [0.5, 0.6) is 5.75 Å². The van der Waals surface area contributed by atoms with Gasteiger partial charge in [0, 0.05) is 36.6 Å². The molecule has 3 atom stereocenters. The minimum Gasteiger partial charge on any atom is -0.491 e. The zero-order valence-electron chi connectivity index (χ0n) is 25.4. The van der Waals surface area contributed by atoms with E-state index in [0.717, 1.165) is 48.7 Å². The molecule has 234 valence electrons. The van der Waals surface area contributed by atoms with Crippen molar-refractivity contribution in [2.75, 3.05) is 40.3 Å². The van der Waals surface area contributed by atoms with Crippen LogP contribution >= 0.6 is 0 Å².